The van der Waals surface area contributed by atoms with Gasteiger partial charge in [-0.1, -0.05) is 50.8 Å². The smallest absolute Gasteiger partial charge is 0.266 e. The molecule has 222 valence electrons. The lowest BCUT2D eigenvalue weighted by Crippen LogP contribution is -2.42. The molecule has 2 saturated heterocycles. The van der Waals surface area contributed by atoms with E-state index in [-0.39, 0.29) is 12.0 Å². The molecule has 0 bridgehead atoms. The molecular weight excluding hydrogens is 525 g/mol. The number of carbonyl (C=O) groups is 1. The molecule has 0 spiro atoms. The van der Waals surface area contributed by atoms with Gasteiger partial charge in [-0.15, -0.1) is 8.86 Å². The number of likely N-dealkylation sites (tertiary alicyclic amines) is 2. The number of alkyl halides is 2. The van der Waals surface area contributed by atoms with Crippen molar-refractivity contribution in [1.82, 2.24) is 9.80 Å². The third-order valence-electron chi connectivity index (χ3n) is 7.14. The van der Waals surface area contributed by atoms with Crippen LogP contribution in [0.15, 0.2) is 70.9 Å². The quantitative estimate of drug-likeness (QED) is 0.146. The largest absolute Gasteiger partial charge is 0.372 e. The predicted octanol–water partition coefficient (Wildman–Crippen LogP) is 7.25. The van der Waals surface area contributed by atoms with Crippen molar-refractivity contribution >= 4 is 26.4 Å². The number of hydrogen-bond donors (Lipinski definition) is 1. The van der Waals surface area contributed by atoms with E-state index in [4.69, 9.17) is 4.79 Å². The Bertz CT molecular complexity index is 1040. The van der Waals surface area contributed by atoms with Crippen molar-refractivity contribution in [1.29, 1.82) is 0 Å². The highest BCUT2D eigenvalue weighted by Crippen LogP contribution is 2.30. The molecule has 0 aromatic heterocycles. The summed E-state index contributed by atoms with van der Waals surface area (Å²) in [6.07, 6.45) is 7.98. The van der Waals surface area contributed by atoms with E-state index in [9.17, 15) is 8.78 Å². The standard InChI is InChI=1S/C29H40F2N3P.C2H6.CH3NO/c1-21(17-23(3)32-24(4)19-22(2)29(5,30)31)18-28(35)34-16-13-27(20-34)33-14-11-26(12-15-33)25-9-7-6-8-10-25;1-2;2-1-3/h6-10,17,19,26-27,35H,1,11-16,18,20H2,2-5H3;1-2H3;1H,(H2,2,3)/b22-19+,23-17+,32-24-;;. The Morgan fingerprint density at radius 1 is 1.10 bits per heavy atom. The highest BCUT2D eigenvalue weighted by atomic mass is 31.0. The van der Waals surface area contributed by atoms with Gasteiger partial charge >= 0.3 is 0 Å². The number of allylic oxidation sites excluding steroid dienone is 4. The monoisotopic (exact) mass is 574 g/mol. The van der Waals surface area contributed by atoms with E-state index in [1.807, 2.05) is 26.8 Å². The Morgan fingerprint density at radius 3 is 2.23 bits per heavy atom. The molecule has 2 fully saturated rings. The Balaban J connectivity index is 0.00000150. The fourth-order valence-electron chi connectivity index (χ4n) is 5.06. The molecule has 0 saturated carbocycles. The first-order valence-electron chi connectivity index (χ1n) is 14.2. The molecule has 5 nitrogen and oxygen atoms in total. The van der Waals surface area contributed by atoms with Crippen molar-refractivity contribution in [3.8, 4) is 0 Å². The maximum absolute atomic E-state index is 13.4. The summed E-state index contributed by atoms with van der Waals surface area (Å²) < 4.78 is 26.8. The highest BCUT2D eigenvalue weighted by molar-refractivity contribution is 7.20. The van der Waals surface area contributed by atoms with E-state index < -0.39 is 5.92 Å². The van der Waals surface area contributed by atoms with Gasteiger partial charge < -0.3 is 5.73 Å². The second-order valence-electron chi connectivity index (χ2n) is 10.3. The Hall–Kier alpha value is -2.47. The normalized spacial score (nSPS) is 19.7. The third-order valence-corrected chi connectivity index (χ3v) is 7.63. The fraction of sp³-hybridized carbons (Fsp3) is 0.531. The van der Waals surface area contributed by atoms with Crippen LogP contribution in [0.1, 0.15) is 78.7 Å². The molecule has 2 N–H and O–H groups in total. The summed E-state index contributed by atoms with van der Waals surface area (Å²) >= 11 is 0. The predicted molar refractivity (Wildman–Crippen MR) is 170 cm³/mol. The Morgan fingerprint density at radius 2 is 1.68 bits per heavy atom. The number of hydrogen-bond acceptors (Lipinski definition) is 3. The van der Waals surface area contributed by atoms with E-state index in [2.05, 4.69) is 66.3 Å². The number of amides is 1. The molecule has 1 unspecified atom stereocenters. The van der Waals surface area contributed by atoms with E-state index in [0.717, 1.165) is 36.7 Å². The Kier molecular flexibility index (Phi) is 16.1. The third kappa shape index (κ3) is 12.4. The molecular formula is C32H49F2N4OP. The number of piperidine rings is 1. The number of nitrogens with zero attached hydrogens (tertiary/aromatic N) is 3. The number of primary amides is 1. The minimum atomic E-state index is -2.83. The molecule has 1 aromatic rings. The van der Waals surface area contributed by atoms with E-state index in [1.54, 1.807) is 6.92 Å². The number of nitrogens with two attached hydrogens (primary N) is 1. The number of aliphatic imine (C=N–C) groups is 1. The van der Waals surface area contributed by atoms with Crippen molar-refractivity contribution in [2.45, 2.75) is 85.1 Å². The molecule has 1 atom stereocenters. The van der Waals surface area contributed by atoms with Gasteiger partial charge in [0.2, 0.25) is 6.41 Å². The van der Waals surface area contributed by atoms with Gasteiger partial charge in [-0.3, -0.25) is 19.6 Å². The lowest BCUT2D eigenvalue weighted by molar-refractivity contribution is -0.106. The molecule has 2 aliphatic heterocycles. The maximum atomic E-state index is 13.4. The molecule has 40 heavy (non-hydrogen) atoms. The molecule has 0 radical (unpaired) electrons. The lowest BCUT2D eigenvalue weighted by Gasteiger charge is -2.36. The second-order valence-corrected chi connectivity index (χ2v) is 10.9. The summed E-state index contributed by atoms with van der Waals surface area (Å²) in [5.41, 5.74) is 9.06. The molecule has 2 heterocycles. The second kappa shape index (κ2) is 18.1. The van der Waals surface area contributed by atoms with Gasteiger partial charge in [0.25, 0.3) is 5.92 Å². The van der Waals surface area contributed by atoms with Crippen molar-refractivity contribution in [3.05, 3.63) is 71.5 Å². The molecule has 3 rings (SSSR count). The number of benzene rings is 1. The summed E-state index contributed by atoms with van der Waals surface area (Å²) in [4.78, 5) is 18.1. The minimum absolute atomic E-state index is 0.00836. The van der Waals surface area contributed by atoms with Crippen LogP contribution in [0, 0.1) is 0 Å². The van der Waals surface area contributed by atoms with Crippen LogP contribution in [-0.2, 0) is 4.79 Å². The zero-order valence-corrected chi connectivity index (χ0v) is 26.2. The molecule has 0 aliphatic carbocycles. The molecule has 2 aliphatic rings. The zero-order chi connectivity index (χ0) is 30.3. The molecule has 8 heteroatoms. The van der Waals surface area contributed by atoms with Crippen molar-refractivity contribution in [2.75, 3.05) is 26.2 Å². The van der Waals surface area contributed by atoms with Gasteiger partial charge in [0.1, 0.15) is 0 Å². The molecule has 1 amide bonds. The van der Waals surface area contributed by atoms with Crippen LogP contribution in [-0.4, -0.2) is 65.5 Å². The first-order chi connectivity index (χ1) is 18.9. The summed E-state index contributed by atoms with van der Waals surface area (Å²) in [6, 6.07) is 11.5. The van der Waals surface area contributed by atoms with E-state index in [1.165, 1.54) is 50.9 Å². The SMILES string of the molecule is C=C(/C=C(C)/N=C(C)\C=C(/C)C(C)(F)F)CC(=P)N1CCC(N2CCC(c3ccccc3)CC2)C1.CC.NC=O. The summed E-state index contributed by atoms with van der Waals surface area (Å²) in [5.74, 6) is -2.14. The van der Waals surface area contributed by atoms with Crippen molar-refractivity contribution in [3.63, 3.8) is 0 Å². The van der Waals surface area contributed by atoms with Crippen LogP contribution in [0.25, 0.3) is 0 Å². The van der Waals surface area contributed by atoms with Gasteiger partial charge in [0, 0.05) is 49.3 Å². The van der Waals surface area contributed by atoms with Crippen LogP contribution in [0.3, 0.4) is 0 Å². The summed E-state index contributed by atoms with van der Waals surface area (Å²) in [5, 5.41) is 0. The summed E-state index contributed by atoms with van der Waals surface area (Å²) in [6.45, 7) is 18.6. The average Bonchev–Trinajstić information content (AvgIpc) is 3.41. The molecule has 1 aromatic carbocycles. The van der Waals surface area contributed by atoms with Gasteiger partial charge in [0.15, 0.2) is 0 Å². The number of carbonyl (C=O) groups excluding carboxylic acids is 1. The number of halogens is 2. The van der Waals surface area contributed by atoms with Crippen molar-refractivity contribution in [2.24, 2.45) is 10.7 Å². The average molecular weight is 575 g/mol. The Labute approximate surface area is 243 Å². The van der Waals surface area contributed by atoms with Crippen LogP contribution < -0.4 is 5.73 Å². The van der Waals surface area contributed by atoms with Crippen LogP contribution in [0.5, 0.6) is 0 Å². The van der Waals surface area contributed by atoms with Crippen molar-refractivity contribution < 1.29 is 13.6 Å². The highest BCUT2D eigenvalue weighted by Gasteiger charge is 2.31. The van der Waals surface area contributed by atoms with Crippen LogP contribution in [0.2, 0.25) is 0 Å². The zero-order valence-electron chi connectivity index (χ0n) is 25.2. The van der Waals surface area contributed by atoms with E-state index >= 15 is 0 Å². The first-order valence-corrected chi connectivity index (χ1v) is 14.7. The van der Waals surface area contributed by atoms with Gasteiger partial charge in [-0.2, -0.15) is 0 Å². The summed E-state index contributed by atoms with van der Waals surface area (Å²) in [7, 11) is 3.86. The topological polar surface area (TPSA) is 61.9 Å². The number of rotatable bonds is 9. The van der Waals surface area contributed by atoms with Crippen LogP contribution in [0.4, 0.5) is 8.78 Å². The van der Waals surface area contributed by atoms with E-state index in [0.29, 0.717) is 24.1 Å². The van der Waals surface area contributed by atoms with Crippen LogP contribution >= 0.6 is 8.86 Å². The van der Waals surface area contributed by atoms with Gasteiger partial charge in [-0.05, 0) is 87.9 Å². The fourth-order valence-corrected chi connectivity index (χ4v) is 5.49. The maximum Gasteiger partial charge on any atom is 0.266 e. The lowest BCUT2D eigenvalue weighted by atomic mass is 9.89. The van der Waals surface area contributed by atoms with Gasteiger partial charge in [-0.25, -0.2) is 8.78 Å². The van der Waals surface area contributed by atoms with Gasteiger partial charge in [0.05, 0.1) is 0 Å². The minimum Gasteiger partial charge on any atom is -0.372 e. The first kappa shape index (κ1) is 35.6.